The van der Waals surface area contributed by atoms with Gasteiger partial charge in [0.1, 0.15) is 0 Å². The van der Waals surface area contributed by atoms with E-state index in [-0.39, 0.29) is 5.91 Å². The number of aromatic nitrogens is 1. The molecule has 3 aromatic rings. The van der Waals surface area contributed by atoms with E-state index in [4.69, 9.17) is 0 Å². The van der Waals surface area contributed by atoms with Crippen molar-refractivity contribution in [3.63, 3.8) is 0 Å². The van der Waals surface area contributed by atoms with Crippen LogP contribution in [0, 0.1) is 13.8 Å². The zero-order chi connectivity index (χ0) is 19.4. The Bertz CT molecular complexity index is 992. The van der Waals surface area contributed by atoms with Gasteiger partial charge < -0.3 is 4.57 Å². The first-order valence-electron chi connectivity index (χ1n) is 9.48. The minimum atomic E-state index is -0.183. The lowest BCUT2D eigenvalue weighted by Gasteiger charge is -2.09. The number of nitrogens with zero attached hydrogens (tertiary/aromatic N) is 2. The second-order valence-electron chi connectivity index (χ2n) is 6.80. The molecule has 0 aliphatic carbocycles. The predicted octanol–water partition coefficient (Wildman–Crippen LogP) is 5.55. The second-order valence-corrected chi connectivity index (χ2v) is 7.86. The molecule has 0 fully saturated rings. The van der Waals surface area contributed by atoms with Crippen LogP contribution in [0.25, 0.3) is 11.3 Å². The number of aryl methyl sites for hydroxylation is 3. The summed E-state index contributed by atoms with van der Waals surface area (Å²) in [6.45, 7) is 9.18. The Morgan fingerprint density at radius 1 is 0.963 bits per heavy atom. The lowest BCUT2D eigenvalue weighted by Crippen LogP contribution is -2.17. The standard InChI is InChI=1S/C23H26N2OS/c1-5-7-20-21(18-12-8-16(3)9-13-18)25(6-2)23(27-20)24-22(26)19-14-10-17(4)11-15-19/h8-15H,5-7H2,1-4H3. The molecular weight excluding hydrogens is 352 g/mol. The zero-order valence-corrected chi connectivity index (χ0v) is 17.3. The van der Waals surface area contributed by atoms with Gasteiger partial charge >= 0.3 is 0 Å². The first kappa shape index (κ1) is 19.3. The van der Waals surface area contributed by atoms with E-state index in [2.05, 4.69) is 54.6 Å². The molecule has 4 heteroatoms. The van der Waals surface area contributed by atoms with Crippen molar-refractivity contribution in [1.82, 2.24) is 4.57 Å². The van der Waals surface area contributed by atoms with Crippen molar-refractivity contribution < 1.29 is 4.79 Å². The molecule has 1 aromatic heterocycles. The van der Waals surface area contributed by atoms with Crippen molar-refractivity contribution in [2.75, 3.05) is 0 Å². The van der Waals surface area contributed by atoms with Gasteiger partial charge in [0.15, 0.2) is 4.80 Å². The summed E-state index contributed by atoms with van der Waals surface area (Å²) in [5.74, 6) is -0.183. The van der Waals surface area contributed by atoms with E-state index < -0.39 is 0 Å². The Labute approximate surface area is 165 Å². The predicted molar refractivity (Wildman–Crippen MR) is 113 cm³/mol. The average molecular weight is 379 g/mol. The van der Waals surface area contributed by atoms with E-state index in [1.807, 2.05) is 31.2 Å². The van der Waals surface area contributed by atoms with Gasteiger partial charge in [0.25, 0.3) is 5.91 Å². The van der Waals surface area contributed by atoms with Gasteiger partial charge in [-0.1, -0.05) is 60.9 Å². The SMILES string of the molecule is CCCc1sc(=NC(=O)c2ccc(C)cc2)n(CC)c1-c1ccc(C)cc1. The molecule has 2 aromatic carbocycles. The van der Waals surface area contributed by atoms with Crippen molar-refractivity contribution in [3.05, 3.63) is 74.9 Å². The van der Waals surface area contributed by atoms with Gasteiger partial charge in [-0.25, -0.2) is 0 Å². The number of benzene rings is 2. The molecule has 3 rings (SSSR count). The minimum Gasteiger partial charge on any atom is -0.316 e. The molecule has 1 heterocycles. The van der Waals surface area contributed by atoms with Crippen LogP contribution in [-0.2, 0) is 13.0 Å². The van der Waals surface area contributed by atoms with E-state index in [9.17, 15) is 4.79 Å². The third-order valence-corrected chi connectivity index (χ3v) is 5.73. The monoisotopic (exact) mass is 378 g/mol. The highest BCUT2D eigenvalue weighted by atomic mass is 32.1. The number of amides is 1. The van der Waals surface area contributed by atoms with Crippen LogP contribution in [0.3, 0.4) is 0 Å². The molecule has 0 saturated heterocycles. The second kappa shape index (κ2) is 8.49. The maximum atomic E-state index is 12.7. The molecule has 0 aliphatic rings. The van der Waals surface area contributed by atoms with Gasteiger partial charge in [-0.2, -0.15) is 4.99 Å². The van der Waals surface area contributed by atoms with Gasteiger partial charge in [-0.15, -0.1) is 11.3 Å². The van der Waals surface area contributed by atoms with Crippen LogP contribution < -0.4 is 4.80 Å². The van der Waals surface area contributed by atoms with Crippen LogP contribution in [-0.4, -0.2) is 10.5 Å². The lowest BCUT2D eigenvalue weighted by molar-refractivity contribution is 0.0998. The van der Waals surface area contributed by atoms with Crippen molar-refractivity contribution in [3.8, 4) is 11.3 Å². The number of carbonyl (C=O) groups excluding carboxylic acids is 1. The number of carbonyl (C=O) groups is 1. The Morgan fingerprint density at radius 3 is 2.11 bits per heavy atom. The van der Waals surface area contributed by atoms with Crippen LogP contribution in [0.15, 0.2) is 53.5 Å². The van der Waals surface area contributed by atoms with Crippen LogP contribution >= 0.6 is 11.3 Å². The lowest BCUT2D eigenvalue weighted by atomic mass is 10.1. The summed E-state index contributed by atoms with van der Waals surface area (Å²) in [7, 11) is 0. The maximum absolute atomic E-state index is 12.7. The van der Waals surface area contributed by atoms with Crippen molar-refractivity contribution >= 4 is 17.2 Å². The molecule has 1 amide bonds. The van der Waals surface area contributed by atoms with Crippen molar-refractivity contribution in [2.24, 2.45) is 4.99 Å². The van der Waals surface area contributed by atoms with Crippen LogP contribution in [0.4, 0.5) is 0 Å². The van der Waals surface area contributed by atoms with Gasteiger partial charge in [0, 0.05) is 17.0 Å². The Kier molecular flexibility index (Phi) is 6.07. The van der Waals surface area contributed by atoms with E-state index in [1.54, 1.807) is 11.3 Å². The van der Waals surface area contributed by atoms with Crippen LogP contribution in [0.2, 0.25) is 0 Å². The van der Waals surface area contributed by atoms with Gasteiger partial charge in [-0.3, -0.25) is 4.79 Å². The zero-order valence-electron chi connectivity index (χ0n) is 16.5. The van der Waals surface area contributed by atoms with E-state index in [0.717, 1.165) is 29.8 Å². The summed E-state index contributed by atoms with van der Waals surface area (Å²) in [4.78, 5) is 19.2. The molecule has 0 atom stereocenters. The maximum Gasteiger partial charge on any atom is 0.279 e. The highest BCUT2D eigenvalue weighted by Gasteiger charge is 2.15. The fourth-order valence-corrected chi connectivity index (χ4v) is 4.42. The number of hydrogen-bond acceptors (Lipinski definition) is 2. The molecule has 0 saturated carbocycles. The summed E-state index contributed by atoms with van der Waals surface area (Å²) >= 11 is 1.64. The summed E-state index contributed by atoms with van der Waals surface area (Å²) in [6.07, 6.45) is 2.05. The summed E-state index contributed by atoms with van der Waals surface area (Å²) in [6, 6.07) is 16.2. The molecule has 3 nitrogen and oxygen atoms in total. The number of rotatable bonds is 5. The van der Waals surface area contributed by atoms with Crippen molar-refractivity contribution in [2.45, 2.75) is 47.1 Å². The Balaban J connectivity index is 2.13. The van der Waals surface area contributed by atoms with Crippen LogP contribution in [0.5, 0.6) is 0 Å². The Morgan fingerprint density at radius 2 is 1.56 bits per heavy atom. The largest absolute Gasteiger partial charge is 0.316 e. The minimum absolute atomic E-state index is 0.183. The summed E-state index contributed by atoms with van der Waals surface area (Å²) < 4.78 is 2.17. The highest BCUT2D eigenvalue weighted by molar-refractivity contribution is 7.09. The first-order valence-corrected chi connectivity index (χ1v) is 10.3. The Hall–Kier alpha value is -2.46. The van der Waals surface area contributed by atoms with Gasteiger partial charge in [0.05, 0.1) is 5.69 Å². The fourth-order valence-electron chi connectivity index (χ4n) is 3.11. The van der Waals surface area contributed by atoms with Crippen LogP contribution in [0.1, 0.15) is 46.6 Å². The molecule has 140 valence electrons. The highest BCUT2D eigenvalue weighted by Crippen LogP contribution is 2.27. The molecule has 0 bridgehead atoms. The molecule has 0 N–H and O–H groups in total. The van der Waals surface area contributed by atoms with E-state index in [0.29, 0.717) is 5.56 Å². The third-order valence-electron chi connectivity index (χ3n) is 4.59. The topological polar surface area (TPSA) is 34.4 Å². The van der Waals surface area contributed by atoms with Crippen molar-refractivity contribution in [1.29, 1.82) is 0 Å². The molecule has 0 unspecified atom stereocenters. The van der Waals surface area contributed by atoms with Gasteiger partial charge in [-0.05, 0) is 44.9 Å². The molecule has 0 radical (unpaired) electrons. The normalized spacial score (nSPS) is 11.8. The molecular formula is C23H26N2OS. The smallest absolute Gasteiger partial charge is 0.279 e. The molecule has 0 spiro atoms. The van der Waals surface area contributed by atoms with E-state index in [1.165, 1.54) is 21.7 Å². The summed E-state index contributed by atoms with van der Waals surface area (Å²) in [5.41, 5.74) is 5.39. The fraction of sp³-hybridized carbons (Fsp3) is 0.304. The first-order chi connectivity index (χ1) is 13.0. The molecule has 27 heavy (non-hydrogen) atoms. The number of thiazole rings is 1. The quantitative estimate of drug-likeness (QED) is 0.573. The average Bonchev–Trinajstić information content (AvgIpc) is 3.00. The van der Waals surface area contributed by atoms with E-state index >= 15 is 0 Å². The van der Waals surface area contributed by atoms with Gasteiger partial charge in [0.2, 0.25) is 0 Å². The number of hydrogen-bond donors (Lipinski definition) is 0. The third kappa shape index (κ3) is 4.28. The molecule has 0 aliphatic heterocycles. The summed E-state index contributed by atoms with van der Waals surface area (Å²) in [5, 5.41) is 0.